The summed E-state index contributed by atoms with van der Waals surface area (Å²) in [6.07, 6.45) is 0.643. The van der Waals surface area contributed by atoms with E-state index in [1.54, 1.807) is 17.5 Å². The third kappa shape index (κ3) is 5.34. The molecule has 1 aliphatic rings. The minimum atomic E-state index is -1.15. The van der Waals surface area contributed by atoms with Crippen molar-refractivity contribution in [1.29, 1.82) is 0 Å². The van der Waals surface area contributed by atoms with Crippen molar-refractivity contribution in [1.82, 2.24) is 16.0 Å². The van der Waals surface area contributed by atoms with E-state index in [0.717, 1.165) is 12.8 Å². The van der Waals surface area contributed by atoms with E-state index in [9.17, 15) is 19.2 Å². The summed E-state index contributed by atoms with van der Waals surface area (Å²) in [5.74, 6) is -1.88. The summed E-state index contributed by atoms with van der Waals surface area (Å²) >= 11 is 1.25. The number of ether oxygens (including phenoxy) is 1. The molecule has 130 valence electrons. The largest absolute Gasteiger partial charge is 0.451 e. The minimum Gasteiger partial charge on any atom is -0.451 e. The van der Waals surface area contributed by atoms with Crippen LogP contribution in [0.15, 0.2) is 17.5 Å². The smallest absolute Gasteiger partial charge is 0.329 e. The van der Waals surface area contributed by atoms with Crippen LogP contribution in [0.5, 0.6) is 0 Å². The van der Waals surface area contributed by atoms with Gasteiger partial charge in [-0.25, -0.2) is 9.59 Å². The van der Waals surface area contributed by atoms with Crippen LogP contribution in [0.2, 0.25) is 0 Å². The average molecular weight is 353 g/mol. The van der Waals surface area contributed by atoms with E-state index in [0.29, 0.717) is 4.88 Å². The van der Waals surface area contributed by atoms with Crippen molar-refractivity contribution in [2.45, 2.75) is 44.9 Å². The highest BCUT2D eigenvalue weighted by Crippen LogP contribution is 2.18. The minimum absolute atomic E-state index is 0.114. The quantitative estimate of drug-likeness (QED) is 0.654. The summed E-state index contributed by atoms with van der Waals surface area (Å²) in [6.45, 7) is 2.81. The first kappa shape index (κ1) is 17.9. The predicted molar refractivity (Wildman–Crippen MR) is 86.5 cm³/mol. The number of hydrogen-bond acceptors (Lipinski definition) is 6. The van der Waals surface area contributed by atoms with Crippen molar-refractivity contribution in [2.75, 3.05) is 0 Å². The maximum absolute atomic E-state index is 11.9. The van der Waals surface area contributed by atoms with Crippen molar-refractivity contribution in [3.05, 3.63) is 22.4 Å². The average Bonchev–Trinajstić information content (AvgIpc) is 3.15. The first-order chi connectivity index (χ1) is 11.4. The molecule has 1 fully saturated rings. The summed E-state index contributed by atoms with van der Waals surface area (Å²) in [4.78, 5) is 47.5. The topological polar surface area (TPSA) is 114 Å². The standard InChI is InChI=1S/C15H19N3O5S/c1-8(16-13(20)11-4-3-7-24-11)14(21)23-9(2)12(19)18-15(22)17-10-5-6-10/h3-4,7-10H,5-6H2,1-2H3,(H,16,20)(H2,17,18,19,22). The number of esters is 1. The number of imide groups is 1. The Morgan fingerprint density at radius 3 is 2.54 bits per heavy atom. The summed E-state index contributed by atoms with van der Waals surface area (Å²) in [7, 11) is 0. The Balaban J connectivity index is 1.75. The van der Waals surface area contributed by atoms with Gasteiger partial charge < -0.3 is 15.4 Å². The van der Waals surface area contributed by atoms with Gasteiger partial charge in [0, 0.05) is 6.04 Å². The van der Waals surface area contributed by atoms with Crippen LogP contribution in [-0.2, 0) is 14.3 Å². The second-order valence-electron chi connectivity index (χ2n) is 5.49. The highest BCUT2D eigenvalue weighted by molar-refractivity contribution is 7.12. The summed E-state index contributed by atoms with van der Waals surface area (Å²) < 4.78 is 4.97. The fourth-order valence-electron chi connectivity index (χ4n) is 1.73. The van der Waals surface area contributed by atoms with E-state index >= 15 is 0 Å². The molecule has 1 aromatic rings. The third-order valence-corrected chi connectivity index (χ3v) is 4.13. The Kier molecular flexibility index (Phi) is 5.91. The van der Waals surface area contributed by atoms with Crippen molar-refractivity contribution >= 4 is 35.2 Å². The van der Waals surface area contributed by atoms with Gasteiger partial charge in [-0.05, 0) is 38.1 Å². The van der Waals surface area contributed by atoms with E-state index in [4.69, 9.17) is 4.74 Å². The Morgan fingerprint density at radius 1 is 1.25 bits per heavy atom. The van der Waals surface area contributed by atoms with Crippen molar-refractivity contribution < 1.29 is 23.9 Å². The zero-order chi connectivity index (χ0) is 17.7. The van der Waals surface area contributed by atoms with Gasteiger partial charge in [0.1, 0.15) is 6.04 Å². The molecular formula is C15H19N3O5S. The molecule has 1 saturated carbocycles. The van der Waals surface area contributed by atoms with Crippen molar-refractivity contribution in [2.24, 2.45) is 0 Å². The van der Waals surface area contributed by atoms with Crippen LogP contribution in [-0.4, -0.2) is 42.0 Å². The Hall–Kier alpha value is -2.42. The van der Waals surface area contributed by atoms with Crippen LogP contribution in [0.25, 0.3) is 0 Å². The zero-order valence-corrected chi connectivity index (χ0v) is 14.1. The molecule has 0 spiro atoms. The summed E-state index contributed by atoms with van der Waals surface area (Å²) in [5, 5.41) is 8.93. The maximum Gasteiger partial charge on any atom is 0.329 e. The molecule has 1 heterocycles. The Bertz CT molecular complexity index is 627. The maximum atomic E-state index is 11.9. The van der Waals surface area contributed by atoms with E-state index in [1.807, 2.05) is 0 Å². The van der Waals surface area contributed by atoms with Crippen molar-refractivity contribution in [3.8, 4) is 0 Å². The number of hydrogen-bond donors (Lipinski definition) is 3. The lowest BCUT2D eigenvalue weighted by atomic mass is 10.3. The molecule has 1 aliphatic carbocycles. The van der Waals surface area contributed by atoms with Gasteiger partial charge in [0.2, 0.25) is 0 Å². The van der Waals surface area contributed by atoms with Gasteiger partial charge >= 0.3 is 12.0 Å². The van der Waals surface area contributed by atoms with Crippen LogP contribution in [0.1, 0.15) is 36.4 Å². The van der Waals surface area contributed by atoms with Gasteiger partial charge in [-0.15, -0.1) is 11.3 Å². The SMILES string of the molecule is CC(NC(=O)c1cccs1)C(=O)OC(C)C(=O)NC(=O)NC1CC1. The van der Waals surface area contributed by atoms with Gasteiger partial charge in [-0.1, -0.05) is 6.07 Å². The lowest BCUT2D eigenvalue weighted by molar-refractivity contribution is -0.155. The van der Waals surface area contributed by atoms with Gasteiger partial charge in [-0.3, -0.25) is 14.9 Å². The number of carbonyl (C=O) groups is 4. The van der Waals surface area contributed by atoms with Gasteiger partial charge in [0.05, 0.1) is 4.88 Å². The first-order valence-corrected chi connectivity index (χ1v) is 8.41. The molecule has 2 rings (SSSR count). The lowest BCUT2D eigenvalue weighted by Gasteiger charge is -2.17. The molecule has 4 amide bonds. The zero-order valence-electron chi connectivity index (χ0n) is 13.3. The van der Waals surface area contributed by atoms with E-state index in [2.05, 4.69) is 16.0 Å². The molecule has 0 saturated heterocycles. The molecule has 24 heavy (non-hydrogen) atoms. The van der Waals surface area contributed by atoms with Crippen LogP contribution in [0.4, 0.5) is 4.79 Å². The lowest BCUT2D eigenvalue weighted by Crippen LogP contribution is -2.47. The number of nitrogens with one attached hydrogen (secondary N) is 3. The van der Waals surface area contributed by atoms with E-state index < -0.39 is 36.0 Å². The van der Waals surface area contributed by atoms with Gasteiger partial charge in [-0.2, -0.15) is 0 Å². The fourth-order valence-corrected chi connectivity index (χ4v) is 2.35. The summed E-state index contributed by atoms with van der Waals surface area (Å²) in [5.41, 5.74) is 0. The Morgan fingerprint density at radius 2 is 1.96 bits per heavy atom. The van der Waals surface area contributed by atoms with Gasteiger partial charge in [0.25, 0.3) is 11.8 Å². The molecular weight excluding hydrogens is 334 g/mol. The van der Waals surface area contributed by atoms with Crippen LogP contribution in [0.3, 0.4) is 0 Å². The molecule has 2 unspecified atom stereocenters. The molecule has 1 aromatic heterocycles. The molecule has 9 heteroatoms. The summed E-state index contributed by atoms with van der Waals surface area (Å²) in [6, 6.07) is 1.94. The number of rotatable bonds is 6. The van der Waals surface area contributed by atoms with Crippen LogP contribution >= 0.6 is 11.3 Å². The molecule has 0 aliphatic heterocycles. The van der Waals surface area contributed by atoms with Crippen molar-refractivity contribution in [3.63, 3.8) is 0 Å². The second-order valence-corrected chi connectivity index (χ2v) is 6.44. The highest BCUT2D eigenvalue weighted by atomic mass is 32.1. The van der Waals surface area contributed by atoms with E-state index in [-0.39, 0.29) is 6.04 Å². The van der Waals surface area contributed by atoms with Gasteiger partial charge in [0.15, 0.2) is 6.10 Å². The highest BCUT2D eigenvalue weighted by Gasteiger charge is 2.27. The fraction of sp³-hybridized carbons (Fsp3) is 0.467. The number of thiophene rings is 1. The number of carbonyl (C=O) groups excluding carboxylic acids is 4. The number of amides is 4. The second kappa shape index (κ2) is 7.91. The predicted octanol–water partition coefficient (Wildman–Crippen LogP) is 0.786. The molecule has 8 nitrogen and oxygen atoms in total. The first-order valence-electron chi connectivity index (χ1n) is 7.53. The molecule has 3 N–H and O–H groups in total. The Labute approximate surface area is 142 Å². The van der Waals surface area contributed by atoms with Crippen LogP contribution < -0.4 is 16.0 Å². The van der Waals surface area contributed by atoms with E-state index in [1.165, 1.54) is 25.2 Å². The number of urea groups is 1. The molecule has 2 atom stereocenters. The van der Waals surface area contributed by atoms with Crippen LogP contribution in [0, 0.1) is 0 Å². The monoisotopic (exact) mass is 353 g/mol. The molecule has 0 bridgehead atoms. The molecule has 0 radical (unpaired) electrons. The third-order valence-electron chi connectivity index (χ3n) is 3.26. The normalized spacial score (nSPS) is 15.8. The molecule has 0 aromatic carbocycles.